The molecule has 2 N–H and O–H groups in total. The summed E-state index contributed by atoms with van der Waals surface area (Å²) in [5, 5.41) is 0.718. The number of nitrogens with zero attached hydrogens (tertiary/aromatic N) is 2. The van der Waals surface area contributed by atoms with Crippen LogP contribution in [0.3, 0.4) is 0 Å². The molecule has 0 spiro atoms. The van der Waals surface area contributed by atoms with Crippen LogP contribution in [-0.4, -0.2) is 9.55 Å². The fraction of sp³-hybridized carbons (Fsp3) is 0.312. The number of nitrogen functional groups attached to an aromatic ring is 1. The molecule has 1 saturated carbocycles. The number of terminal acetylenes is 1. The third-order valence-corrected chi connectivity index (χ3v) is 3.91. The highest BCUT2D eigenvalue weighted by Gasteiger charge is 2.31. The number of imidazole rings is 1. The molecule has 0 atom stereocenters. The van der Waals surface area contributed by atoms with E-state index in [9.17, 15) is 0 Å². The predicted molar refractivity (Wildman–Crippen MR) is 82.6 cm³/mol. The van der Waals surface area contributed by atoms with Crippen LogP contribution in [-0.2, 0) is 6.54 Å². The van der Waals surface area contributed by atoms with Crippen LogP contribution >= 0.6 is 11.6 Å². The van der Waals surface area contributed by atoms with Crippen molar-refractivity contribution < 1.29 is 0 Å². The third-order valence-electron chi connectivity index (χ3n) is 3.67. The molecule has 3 nitrogen and oxygen atoms in total. The Bertz CT molecular complexity index is 705. The summed E-state index contributed by atoms with van der Waals surface area (Å²) in [6, 6.07) is 5.75. The van der Waals surface area contributed by atoms with Crippen molar-refractivity contribution in [1.82, 2.24) is 9.55 Å². The highest BCUT2D eigenvalue weighted by atomic mass is 35.5. The fourth-order valence-corrected chi connectivity index (χ4v) is 2.71. The molecule has 0 aliphatic heterocycles. The molecule has 0 saturated heterocycles. The van der Waals surface area contributed by atoms with Gasteiger partial charge in [0.25, 0.3) is 0 Å². The van der Waals surface area contributed by atoms with Crippen LogP contribution in [0.25, 0.3) is 11.3 Å². The summed E-state index contributed by atoms with van der Waals surface area (Å²) in [6.07, 6.45) is 7.78. The molecule has 1 heterocycles. The summed E-state index contributed by atoms with van der Waals surface area (Å²) < 4.78 is 1.96. The van der Waals surface area contributed by atoms with E-state index >= 15 is 0 Å². The van der Waals surface area contributed by atoms with Crippen LogP contribution in [0.5, 0.6) is 0 Å². The fourth-order valence-electron chi connectivity index (χ4n) is 2.49. The molecule has 2 aromatic rings. The Kier molecular flexibility index (Phi) is 3.19. The number of anilines is 1. The quantitative estimate of drug-likeness (QED) is 0.876. The molecule has 0 amide bonds. The Morgan fingerprint density at radius 2 is 2.25 bits per heavy atom. The van der Waals surface area contributed by atoms with E-state index < -0.39 is 0 Å². The Balaban J connectivity index is 2.14. The van der Waals surface area contributed by atoms with Gasteiger partial charge in [-0.25, -0.2) is 4.98 Å². The van der Waals surface area contributed by atoms with Crippen LogP contribution in [0.4, 0.5) is 5.82 Å². The topological polar surface area (TPSA) is 43.8 Å². The smallest absolute Gasteiger partial charge is 0.132 e. The van der Waals surface area contributed by atoms with E-state index in [0.29, 0.717) is 18.3 Å². The van der Waals surface area contributed by atoms with E-state index in [1.54, 1.807) is 0 Å². The van der Waals surface area contributed by atoms with Crippen molar-refractivity contribution in [1.29, 1.82) is 0 Å². The molecule has 20 heavy (non-hydrogen) atoms. The summed E-state index contributed by atoms with van der Waals surface area (Å²) in [7, 11) is 0. The molecule has 1 aromatic heterocycles. The van der Waals surface area contributed by atoms with Gasteiger partial charge in [-0.2, -0.15) is 0 Å². The van der Waals surface area contributed by atoms with E-state index in [2.05, 4.69) is 5.92 Å². The molecule has 1 aromatic carbocycles. The maximum Gasteiger partial charge on any atom is 0.132 e. The predicted octanol–water partition coefficient (Wildman–Crippen LogP) is 3.60. The van der Waals surface area contributed by atoms with Crippen molar-refractivity contribution >= 4 is 17.4 Å². The second-order valence-electron chi connectivity index (χ2n) is 5.23. The van der Waals surface area contributed by atoms with E-state index in [-0.39, 0.29) is 0 Å². The summed E-state index contributed by atoms with van der Waals surface area (Å²) in [6.45, 7) is 2.48. The Hall–Kier alpha value is -1.92. The van der Waals surface area contributed by atoms with Gasteiger partial charge in [-0.15, -0.1) is 6.42 Å². The standard InChI is InChI=1S/C16H16ClN3/c1-3-8-20-15(18)14(19-16(20)11-4-5-11)13-7-6-12(17)9-10(13)2/h1,6-7,9,11H,4-5,8,18H2,2H3. The van der Waals surface area contributed by atoms with Crippen LogP contribution in [0, 0.1) is 19.3 Å². The first-order valence-electron chi connectivity index (χ1n) is 6.67. The highest BCUT2D eigenvalue weighted by Crippen LogP contribution is 2.42. The third kappa shape index (κ3) is 2.17. The lowest BCUT2D eigenvalue weighted by Gasteiger charge is -2.06. The minimum Gasteiger partial charge on any atom is -0.383 e. The lowest BCUT2D eigenvalue weighted by molar-refractivity contribution is 0.762. The normalized spacial score (nSPS) is 14.2. The van der Waals surface area contributed by atoms with Crippen LogP contribution in [0.15, 0.2) is 18.2 Å². The van der Waals surface area contributed by atoms with Crippen LogP contribution in [0.1, 0.15) is 30.1 Å². The first-order valence-corrected chi connectivity index (χ1v) is 7.05. The Morgan fingerprint density at radius 3 is 2.85 bits per heavy atom. The van der Waals surface area contributed by atoms with E-state index in [1.165, 1.54) is 12.8 Å². The number of nitrogens with two attached hydrogens (primary N) is 1. The first kappa shape index (κ1) is 13.1. The van der Waals surface area contributed by atoms with Gasteiger partial charge in [-0.1, -0.05) is 23.6 Å². The summed E-state index contributed by atoms with van der Waals surface area (Å²) in [5.74, 6) is 4.83. The molecule has 0 unspecified atom stereocenters. The molecule has 4 heteroatoms. The summed E-state index contributed by atoms with van der Waals surface area (Å²) in [5.41, 5.74) is 9.17. The minimum absolute atomic E-state index is 0.470. The van der Waals surface area contributed by atoms with E-state index in [1.807, 2.05) is 29.7 Å². The highest BCUT2D eigenvalue weighted by molar-refractivity contribution is 6.30. The van der Waals surface area contributed by atoms with Gasteiger partial charge in [0.1, 0.15) is 17.3 Å². The molecule has 1 aliphatic carbocycles. The monoisotopic (exact) mass is 285 g/mol. The largest absolute Gasteiger partial charge is 0.383 e. The number of rotatable bonds is 3. The summed E-state index contributed by atoms with van der Waals surface area (Å²) >= 11 is 6.01. The van der Waals surface area contributed by atoms with E-state index in [4.69, 9.17) is 28.7 Å². The number of aryl methyl sites for hydroxylation is 1. The van der Waals surface area contributed by atoms with Crippen LogP contribution < -0.4 is 5.73 Å². The van der Waals surface area contributed by atoms with E-state index in [0.717, 1.165) is 27.7 Å². The molecule has 3 rings (SSSR count). The number of aromatic nitrogens is 2. The van der Waals surface area contributed by atoms with Crippen molar-refractivity contribution in [3.63, 3.8) is 0 Å². The number of hydrogen-bond acceptors (Lipinski definition) is 2. The lowest BCUT2D eigenvalue weighted by atomic mass is 10.1. The van der Waals surface area contributed by atoms with Crippen molar-refractivity contribution in [3.05, 3.63) is 34.6 Å². The minimum atomic E-state index is 0.470. The first-order chi connectivity index (χ1) is 9.61. The van der Waals surface area contributed by atoms with Crippen molar-refractivity contribution in [3.8, 4) is 23.6 Å². The van der Waals surface area contributed by atoms with Gasteiger partial charge in [0.15, 0.2) is 0 Å². The number of halogens is 1. The molecular weight excluding hydrogens is 270 g/mol. The number of hydrogen-bond donors (Lipinski definition) is 1. The van der Waals surface area contributed by atoms with Crippen molar-refractivity contribution in [2.75, 3.05) is 5.73 Å². The van der Waals surface area contributed by atoms with Crippen molar-refractivity contribution in [2.45, 2.75) is 32.2 Å². The van der Waals surface area contributed by atoms with Gasteiger partial charge in [-0.05, 0) is 37.5 Å². The zero-order valence-corrected chi connectivity index (χ0v) is 12.1. The second-order valence-corrected chi connectivity index (χ2v) is 5.66. The van der Waals surface area contributed by atoms with Crippen molar-refractivity contribution in [2.24, 2.45) is 0 Å². The zero-order valence-electron chi connectivity index (χ0n) is 11.4. The molecule has 1 fully saturated rings. The summed E-state index contributed by atoms with van der Waals surface area (Å²) in [4.78, 5) is 4.75. The van der Waals surface area contributed by atoms with Crippen LogP contribution in [0.2, 0.25) is 5.02 Å². The van der Waals surface area contributed by atoms with Gasteiger partial charge in [0.05, 0.1) is 6.54 Å². The van der Waals surface area contributed by atoms with Gasteiger partial charge < -0.3 is 10.3 Å². The van der Waals surface area contributed by atoms with Gasteiger partial charge in [0.2, 0.25) is 0 Å². The maximum absolute atomic E-state index is 6.27. The SMILES string of the molecule is C#CCn1c(C2CC2)nc(-c2ccc(Cl)cc2C)c1N. The maximum atomic E-state index is 6.27. The average molecular weight is 286 g/mol. The second kappa shape index (κ2) is 4.88. The molecule has 1 aliphatic rings. The van der Waals surface area contributed by atoms with Gasteiger partial charge in [-0.3, -0.25) is 0 Å². The molecule has 0 bridgehead atoms. The molecular formula is C16H16ClN3. The lowest BCUT2D eigenvalue weighted by Crippen LogP contribution is -2.05. The average Bonchev–Trinajstić information content (AvgIpc) is 3.19. The van der Waals surface area contributed by atoms with Gasteiger partial charge >= 0.3 is 0 Å². The molecule has 102 valence electrons. The van der Waals surface area contributed by atoms with Gasteiger partial charge in [0, 0.05) is 16.5 Å². The number of benzene rings is 1. The Labute approximate surface area is 123 Å². The zero-order chi connectivity index (χ0) is 14.3. The Morgan fingerprint density at radius 1 is 1.50 bits per heavy atom. The molecule has 0 radical (unpaired) electrons.